The highest BCUT2D eigenvalue weighted by Crippen LogP contribution is 2.30. The quantitative estimate of drug-likeness (QED) is 0.418. The Balaban J connectivity index is 2.00. The van der Waals surface area contributed by atoms with Crippen molar-refractivity contribution in [2.45, 2.75) is 0 Å². The molecule has 0 fully saturated rings. The lowest BCUT2D eigenvalue weighted by molar-refractivity contribution is -0.113. The van der Waals surface area contributed by atoms with E-state index in [0.29, 0.717) is 27.2 Å². The Kier molecular flexibility index (Phi) is 6.57. The van der Waals surface area contributed by atoms with E-state index in [-0.39, 0.29) is 24.4 Å². The van der Waals surface area contributed by atoms with Crippen LogP contribution in [0.4, 0.5) is 5.69 Å². The lowest BCUT2D eigenvalue weighted by Gasteiger charge is -2.08. The molecule has 1 N–H and O–H groups in total. The second-order valence-corrected chi connectivity index (χ2v) is 6.67. The van der Waals surface area contributed by atoms with Crippen molar-refractivity contribution in [1.29, 1.82) is 0 Å². The summed E-state index contributed by atoms with van der Waals surface area (Å²) in [6, 6.07) is 12.4. The molecule has 0 saturated carbocycles. The Morgan fingerprint density at radius 2 is 1.93 bits per heavy atom. The van der Waals surface area contributed by atoms with Gasteiger partial charge in [-0.05, 0) is 42.5 Å². The van der Waals surface area contributed by atoms with Crippen molar-refractivity contribution in [3.8, 4) is 23.1 Å². The Bertz CT molecular complexity index is 1000. The van der Waals surface area contributed by atoms with Gasteiger partial charge in [-0.25, -0.2) is 4.68 Å². The molecule has 0 saturated heterocycles. The predicted octanol–water partition coefficient (Wildman–Crippen LogP) is 4.98. The first-order valence-corrected chi connectivity index (χ1v) is 9.43. The Labute approximate surface area is 176 Å². The van der Waals surface area contributed by atoms with Crippen molar-refractivity contribution in [2.75, 3.05) is 17.8 Å². The molecule has 0 spiro atoms. The van der Waals surface area contributed by atoms with Crippen LogP contribution >= 0.6 is 34.8 Å². The van der Waals surface area contributed by atoms with E-state index in [2.05, 4.69) is 22.0 Å². The number of rotatable bonds is 7. The molecule has 3 aromatic rings. The molecule has 0 unspecified atom stereocenters. The maximum atomic E-state index is 11.4. The van der Waals surface area contributed by atoms with Crippen molar-refractivity contribution in [1.82, 2.24) is 14.8 Å². The Hall–Kier alpha value is -2.54. The fourth-order valence-electron chi connectivity index (χ4n) is 2.37. The van der Waals surface area contributed by atoms with Crippen molar-refractivity contribution < 1.29 is 9.53 Å². The first-order chi connectivity index (χ1) is 13.5. The molecule has 144 valence electrons. The number of hydrogen-bond acceptors (Lipinski definition) is 4. The second-order valence-electron chi connectivity index (χ2n) is 5.59. The molecular formula is C19H15Cl3N4O2. The molecule has 2 aromatic carbocycles. The zero-order chi connectivity index (χ0) is 20.1. The topological polar surface area (TPSA) is 69.0 Å². The van der Waals surface area contributed by atoms with Gasteiger partial charge in [-0.15, -0.1) is 16.7 Å². The third-order valence-corrected chi connectivity index (χ3v) is 4.59. The van der Waals surface area contributed by atoms with E-state index in [0.717, 1.165) is 5.56 Å². The zero-order valence-electron chi connectivity index (χ0n) is 14.5. The number of halogens is 3. The third-order valence-electron chi connectivity index (χ3n) is 3.61. The number of ether oxygens (including phenoxy) is 1. The van der Waals surface area contributed by atoms with E-state index in [1.165, 1.54) is 0 Å². The lowest BCUT2D eigenvalue weighted by Crippen LogP contribution is -2.12. The van der Waals surface area contributed by atoms with Gasteiger partial charge in [0.25, 0.3) is 0 Å². The van der Waals surface area contributed by atoms with Crippen molar-refractivity contribution in [3.05, 3.63) is 65.2 Å². The van der Waals surface area contributed by atoms with Gasteiger partial charge in [0.1, 0.15) is 12.5 Å². The Morgan fingerprint density at radius 3 is 2.57 bits per heavy atom. The highest BCUT2D eigenvalue weighted by atomic mass is 35.5. The average Bonchev–Trinajstić information content (AvgIpc) is 3.13. The third kappa shape index (κ3) is 4.65. The minimum atomic E-state index is -0.285. The summed E-state index contributed by atoms with van der Waals surface area (Å²) in [5.74, 6) is 0.123. The van der Waals surface area contributed by atoms with Gasteiger partial charge in [-0.3, -0.25) is 4.79 Å². The fourth-order valence-corrected chi connectivity index (χ4v) is 2.74. The molecule has 1 amide bonds. The second kappa shape index (κ2) is 9.10. The van der Waals surface area contributed by atoms with Crippen LogP contribution in [0.5, 0.6) is 6.01 Å². The Morgan fingerprint density at radius 1 is 1.18 bits per heavy atom. The highest BCUT2D eigenvalue weighted by molar-refractivity contribution is 6.42. The summed E-state index contributed by atoms with van der Waals surface area (Å²) in [6.07, 6.45) is 1.61. The summed E-state index contributed by atoms with van der Waals surface area (Å²) in [6.45, 7) is 3.89. The van der Waals surface area contributed by atoms with Crippen LogP contribution in [0.1, 0.15) is 0 Å². The molecule has 0 aliphatic rings. The average molecular weight is 438 g/mol. The smallest absolute Gasteiger partial charge is 0.336 e. The normalized spacial score (nSPS) is 10.5. The summed E-state index contributed by atoms with van der Waals surface area (Å²) in [5.41, 5.74) is 2.05. The van der Waals surface area contributed by atoms with Gasteiger partial charge >= 0.3 is 6.01 Å². The van der Waals surface area contributed by atoms with Gasteiger partial charge in [-0.2, -0.15) is 4.98 Å². The molecule has 3 rings (SSSR count). The first-order valence-electron chi connectivity index (χ1n) is 8.14. The van der Waals surface area contributed by atoms with Crippen LogP contribution in [0.3, 0.4) is 0 Å². The largest absolute Gasteiger partial charge is 0.458 e. The van der Waals surface area contributed by atoms with E-state index in [1.54, 1.807) is 53.2 Å². The van der Waals surface area contributed by atoms with Crippen LogP contribution in [0, 0.1) is 0 Å². The van der Waals surface area contributed by atoms with Gasteiger partial charge in [-0.1, -0.05) is 35.9 Å². The highest BCUT2D eigenvalue weighted by Gasteiger charge is 2.16. The molecule has 28 heavy (non-hydrogen) atoms. The lowest BCUT2D eigenvalue weighted by atomic mass is 10.2. The van der Waals surface area contributed by atoms with Gasteiger partial charge in [0, 0.05) is 11.3 Å². The van der Waals surface area contributed by atoms with E-state index < -0.39 is 0 Å². The summed E-state index contributed by atoms with van der Waals surface area (Å²) in [4.78, 5) is 15.9. The maximum Gasteiger partial charge on any atom is 0.336 e. The molecule has 1 aromatic heterocycles. The summed E-state index contributed by atoms with van der Waals surface area (Å²) < 4.78 is 7.09. The van der Waals surface area contributed by atoms with Crippen LogP contribution in [0.25, 0.3) is 17.1 Å². The summed E-state index contributed by atoms with van der Waals surface area (Å²) in [5, 5.41) is 7.93. The number of anilines is 1. The SMILES string of the molecule is C=CCOc1nc(-c2ccc(Cl)c(Cl)c2)n(-c2ccc(NC(=O)CCl)cc2)n1. The summed E-state index contributed by atoms with van der Waals surface area (Å²) in [7, 11) is 0. The minimum Gasteiger partial charge on any atom is -0.458 e. The standard InChI is InChI=1S/C19H15Cl3N4O2/c1-2-9-28-19-24-18(12-3-8-15(21)16(22)10-12)26(25-19)14-6-4-13(5-7-14)23-17(27)11-20/h2-8,10H,1,9,11H2,(H,23,27). The number of carbonyl (C=O) groups is 1. The van der Waals surface area contributed by atoms with Crippen LogP contribution in [0.15, 0.2) is 55.1 Å². The number of alkyl halides is 1. The van der Waals surface area contributed by atoms with Crippen molar-refractivity contribution >= 4 is 46.4 Å². The van der Waals surface area contributed by atoms with Crippen LogP contribution in [-0.2, 0) is 4.79 Å². The predicted molar refractivity (Wildman–Crippen MR) is 112 cm³/mol. The van der Waals surface area contributed by atoms with Gasteiger partial charge in [0.2, 0.25) is 5.91 Å². The number of carbonyl (C=O) groups excluding carboxylic acids is 1. The van der Waals surface area contributed by atoms with E-state index in [9.17, 15) is 4.79 Å². The van der Waals surface area contributed by atoms with Gasteiger partial charge < -0.3 is 10.1 Å². The van der Waals surface area contributed by atoms with Crippen molar-refractivity contribution in [3.63, 3.8) is 0 Å². The van der Waals surface area contributed by atoms with E-state index in [1.807, 2.05) is 0 Å². The van der Waals surface area contributed by atoms with E-state index >= 15 is 0 Å². The van der Waals surface area contributed by atoms with E-state index in [4.69, 9.17) is 39.5 Å². The molecule has 6 nitrogen and oxygen atoms in total. The number of hydrogen-bond donors (Lipinski definition) is 1. The number of nitrogens with one attached hydrogen (secondary N) is 1. The number of benzene rings is 2. The molecule has 9 heteroatoms. The van der Waals surface area contributed by atoms with Gasteiger partial charge in [0.15, 0.2) is 5.82 Å². The summed E-state index contributed by atoms with van der Waals surface area (Å²) >= 11 is 17.7. The molecule has 1 heterocycles. The van der Waals surface area contributed by atoms with Crippen LogP contribution < -0.4 is 10.1 Å². The molecule has 0 atom stereocenters. The minimum absolute atomic E-state index is 0.115. The molecule has 0 aliphatic heterocycles. The molecular weight excluding hydrogens is 423 g/mol. The fraction of sp³-hybridized carbons (Fsp3) is 0.105. The van der Waals surface area contributed by atoms with Crippen LogP contribution in [0.2, 0.25) is 10.0 Å². The van der Waals surface area contributed by atoms with Crippen LogP contribution in [-0.4, -0.2) is 33.2 Å². The molecule has 0 radical (unpaired) electrons. The monoisotopic (exact) mass is 436 g/mol. The molecule has 0 aliphatic carbocycles. The van der Waals surface area contributed by atoms with Gasteiger partial charge in [0.05, 0.1) is 15.7 Å². The van der Waals surface area contributed by atoms with Crippen molar-refractivity contribution in [2.24, 2.45) is 0 Å². The zero-order valence-corrected chi connectivity index (χ0v) is 16.8. The number of nitrogens with zero attached hydrogens (tertiary/aromatic N) is 3. The number of amides is 1. The maximum absolute atomic E-state index is 11.4. The first kappa shape index (κ1) is 20.2. The number of aromatic nitrogens is 3. The molecule has 0 bridgehead atoms.